The molecule has 5 nitrogen and oxygen atoms in total. The molecular formula is C14H11FN4O. The number of hydrogen-bond donors (Lipinski definition) is 3. The van der Waals surface area contributed by atoms with Gasteiger partial charge < -0.3 is 11.1 Å². The van der Waals surface area contributed by atoms with Crippen molar-refractivity contribution in [3.63, 3.8) is 0 Å². The second-order valence-electron chi connectivity index (χ2n) is 4.37. The van der Waals surface area contributed by atoms with E-state index in [4.69, 9.17) is 5.73 Å². The largest absolute Gasteiger partial charge is 0.399 e. The summed E-state index contributed by atoms with van der Waals surface area (Å²) in [6, 6.07) is 9.09. The molecule has 0 atom stereocenters. The Labute approximate surface area is 113 Å². The molecule has 4 N–H and O–H groups in total. The number of H-pyrrole nitrogens is 1. The minimum atomic E-state index is -0.532. The average molecular weight is 270 g/mol. The Morgan fingerprint density at radius 1 is 1.25 bits per heavy atom. The lowest BCUT2D eigenvalue weighted by atomic mass is 10.1. The van der Waals surface area contributed by atoms with Crippen LogP contribution in [0.5, 0.6) is 0 Å². The first-order valence-corrected chi connectivity index (χ1v) is 5.93. The van der Waals surface area contributed by atoms with Gasteiger partial charge in [0.1, 0.15) is 5.82 Å². The molecule has 0 bridgehead atoms. The first kappa shape index (κ1) is 12.2. The number of amides is 1. The van der Waals surface area contributed by atoms with Crippen molar-refractivity contribution in [3.05, 3.63) is 54.0 Å². The van der Waals surface area contributed by atoms with E-state index in [0.717, 1.165) is 10.9 Å². The van der Waals surface area contributed by atoms with Gasteiger partial charge in [-0.15, -0.1) is 0 Å². The summed E-state index contributed by atoms with van der Waals surface area (Å²) in [5.41, 5.74) is 7.15. The van der Waals surface area contributed by atoms with E-state index < -0.39 is 11.7 Å². The van der Waals surface area contributed by atoms with Crippen LogP contribution in [-0.4, -0.2) is 16.1 Å². The summed E-state index contributed by atoms with van der Waals surface area (Å²) in [6.45, 7) is 0. The minimum Gasteiger partial charge on any atom is -0.399 e. The summed E-state index contributed by atoms with van der Waals surface area (Å²) >= 11 is 0. The Morgan fingerprint density at radius 2 is 2.10 bits per heavy atom. The molecule has 1 amide bonds. The third kappa shape index (κ3) is 2.18. The van der Waals surface area contributed by atoms with Crippen LogP contribution in [0.1, 0.15) is 10.4 Å². The van der Waals surface area contributed by atoms with Crippen molar-refractivity contribution in [1.29, 1.82) is 0 Å². The van der Waals surface area contributed by atoms with E-state index in [1.807, 2.05) is 0 Å². The van der Waals surface area contributed by atoms with E-state index in [0.29, 0.717) is 11.3 Å². The van der Waals surface area contributed by atoms with Gasteiger partial charge in [0.2, 0.25) is 0 Å². The quantitative estimate of drug-likeness (QED) is 0.626. The summed E-state index contributed by atoms with van der Waals surface area (Å²) in [5.74, 6) is -0.943. The molecule has 0 aliphatic carbocycles. The highest BCUT2D eigenvalue weighted by molar-refractivity contribution is 6.06. The molecule has 0 aliphatic rings. The van der Waals surface area contributed by atoms with Crippen LogP contribution in [0, 0.1) is 5.82 Å². The Morgan fingerprint density at radius 3 is 2.95 bits per heavy atom. The molecule has 0 radical (unpaired) electrons. The maximum Gasteiger partial charge on any atom is 0.255 e. The average Bonchev–Trinajstić information content (AvgIpc) is 2.90. The fourth-order valence-electron chi connectivity index (χ4n) is 1.91. The third-order valence-corrected chi connectivity index (χ3v) is 2.94. The van der Waals surface area contributed by atoms with Gasteiger partial charge in [-0.3, -0.25) is 9.89 Å². The maximum absolute atomic E-state index is 13.6. The summed E-state index contributed by atoms with van der Waals surface area (Å²) in [7, 11) is 0. The highest BCUT2D eigenvalue weighted by atomic mass is 19.1. The number of nitrogens with two attached hydrogens (primary N) is 1. The smallest absolute Gasteiger partial charge is 0.255 e. The second-order valence-corrected chi connectivity index (χ2v) is 4.37. The number of fused-ring (bicyclic) bond motifs is 1. The second kappa shape index (κ2) is 4.65. The van der Waals surface area contributed by atoms with Crippen molar-refractivity contribution in [3.8, 4) is 0 Å². The summed E-state index contributed by atoms with van der Waals surface area (Å²) in [4.78, 5) is 12.1. The third-order valence-electron chi connectivity index (χ3n) is 2.94. The predicted octanol–water partition coefficient (Wildman–Crippen LogP) is 2.54. The normalized spacial score (nSPS) is 10.7. The molecule has 0 aliphatic heterocycles. The van der Waals surface area contributed by atoms with Crippen molar-refractivity contribution in [2.24, 2.45) is 0 Å². The van der Waals surface area contributed by atoms with Crippen LogP contribution in [0.25, 0.3) is 10.9 Å². The number of nitrogen functional groups attached to an aromatic ring is 1. The Kier molecular flexibility index (Phi) is 2.83. The first-order valence-electron chi connectivity index (χ1n) is 5.93. The number of nitrogens with zero attached hydrogens (tertiary/aromatic N) is 1. The van der Waals surface area contributed by atoms with Crippen molar-refractivity contribution < 1.29 is 9.18 Å². The number of hydrogen-bond acceptors (Lipinski definition) is 3. The molecule has 2 aromatic carbocycles. The van der Waals surface area contributed by atoms with Crippen LogP contribution in [0.2, 0.25) is 0 Å². The van der Waals surface area contributed by atoms with Gasteiger partial charge in [-0.2, -0.15) is 5.10 Å². The minimum absolute atomic E-state index is 0.0553. The van der Waals surface area contributed by atoms with E-state index in [9.17, 15) is 9.18 Å². The van der Waals surface area contributed by atoms with Crippen LogP contribution in [-0.2, 0) is 0 Å². The molecule has 100 valence electrons. The SMILES string of the molecule is Nc1ccc(F)c(NC(=O)c2ccc3cn[nH]c3c2)c1. The number of carbonyl (C=O) groups is 1. The zero-order valence-electron chi connectivity index (χ0n) is 10.4. The number of carbonyl (C=O) groups excluding carboxylic acids is 1. The highest BCUT2D eigenvalue weighted by Crippen LogP contribution is 2.19. The topological polar surface area (TPSA) is 83.8 Å². The van der Waals surface area contributed by atoms with Gasteiger partial charge in [0.15, 0.2) is 0 Å². The van der Waals surface area contributed by atoms with E-state index in [1.165, 1.54) is 18.2 Å². The molecule has 0 unspecified atom stereocenters. The van der Waals surface area contributed by atoms with Gasteiger partial charge in [0.05, 0.1) is 17.4 Å². The highest BCUT2D eigenvalue weighted by Gasteiger charge is 2.10. The lowest BCUT2D eigenvalue weighted by Gasteiger charge is -2.07. The van der Waals surface area contributed by atoms with Crippen molar-refractivity contribution in [2.75, 3.05) is 11.1 Å². The van der Waals surface area contributed by atoms with Crippen molar-refractivity contribution in [2.45, 2.75) is 0 Å². The van der Waals surface area contributed by atoms with Gasteiger partial charge in [0.25, 0.3) is 5.91 Å². The zero-order chi connectivity index (χ0) is 14.1. The lowest BCUT2D eigenvalue weighted by molar-refractivity contribution is 0.102. The zero-order valence-corrected chi connectivity index (χ0v) is 10.4. The molecule has 1 aromatic heterocycles. The van der Waals surface area contributed by atoms with Crippen LogP contribution in [0.3, 0.4) is 0 Å². The van der Waals surface area contributed by atoms with Gasteiger partial charge in [-0.25, -0.2) is 4.39 Å². The van der Waals surface area contributed by atoms with E-state index in [1.54, 1.807) is 24.4 Å². The van der Waals surface area contributed by atoms with Crippen LogP contribution >= 0.6 is 0 Å². The van der Waals surface area contributed by atoms with Crippen molar-refractivity contribution >= 4 is 28.2 Å². The Bertz CT molecular complexity index is 797. The number of benzene rings is 2. The number of anilines is 2. The van der Waals surface area contributed by atoms with E-state index >= 15 is 0 Å². The molecule has 3 aromatic rings. The standard InChI is InChI=1S/C14H11FN4O/c15-11-4-3-10(16)6-13(11)18-14(20)8-1-2-9-7-17-19-12(9)5-8/h1-7H,16H2,(H,17,19)(H,18,20). The van der Waals surface area contributed by atoms with Gasteiger partial charge in [-0.1, -0.05) is 6.07 Å². The summed E-state index contributed by atoms with van der Waals surface area (Å²) < 4.78 is 13.6. The number of nitrogens with one attached hydrogen (secondary N) is 2. The summed E-state index contributed by atoms with van der Waals surface area (Å²) in [6.07, 6.45) is 1.66. The molecule has 20 heavy (non-hydrogen) atoms. The summed E-state index contributed by atoms with van der Waals surface area (Å²) in [5, 5.41) is 10.0. The van der Waals surface area contributed by atoms with Gasteiger partial charge in [0, 0.05) is 16.6 Å². The molecular weight excluding hydrogens is 259 g/mol. The Hall–Kier alpha value is -2.89. The van der Waals surface area contributed by atoms with E-state index in [-0.39, 0.29) is 5.69 Å². The molecule has 0 spiro atoms. The number of aromatic nitrogens is 2. The number of aromatic amines is 1. The Balaban J connectivity index is 1.90. The molecule has 3 rings (SSSR count). The number of halogens is 1. The molecule has 0 fully saturated rings. The van der Waals surface area contributed by atoms with Gasteiger partial charge >= 0.3 is 0 Å². The first-order chi connectivity index (χ1) is 9.63. The van der Waals surface area contributed by atoms with Gasteiger partial charge in [-0.05, 0) is 30.3 Å². The predicted molar refractivity (Wildman–Crippen MR) is 74.9 cm³/mol. The molecule has 0 saturated heterocycles. The molecule has 6 heteroatoms. The fraction of sp³-hybridized carbons (Fsp3) is 0. The number of rotatable bonds is 2. The maximum atomic E-state index is 13.6. The van der Waals surface area contributed by atoms with Crippen LogP contribution in [0.4, 0.5) is 15.8 Å². The van der Waals surface area contributed by atoms with Crippen LogP contribution in [0.15, 0.2) is 42.6 Å². The fourth-order valence-corrected chi connectivity index (χ4v) is 1.91. The lowest BCUT2D eigenvalue weighted by Crippen LogP contribution is -2.13. The molecule has 1 heterocycles. The molecule has 0 saturated carbocycles. The monoisotopic (exact) mass is 270 g/mol. The van der Waals surface area contributed by atoms with Crippen LogP contribution < -0.4 is 11.1 Å². The van der Waals surface area contributed by atoms with E-state index in [2.05, 4.69) is 15.5 Å². The van der Waals surface area contributed by atoms with Crippen molar-refractivity contribution in [1.82, 2.24) is 10.2 Å².